The Hall–Kier alpha value is -3.42. The zero-order valence-corrected chi connectivity index (χ0v) is 13.5. The summed E-state index contributed by atoms with van der Waals surface area (Å²) in [6, 6.07) is 12.9. The molecule has 0 atom stereocenters. The molecule has 3 aromatic rings. The van der Waals surface area contributed by atoms with Gasteiger partial charge in [0.1, 0.15) is 11.4 Å². The third kappa shape index (κ3) is 4.31. The number of rotatable bonds is 7. The Morgan fingerprint density at radius 1 is 0.920 bits per heavy atom. The number of benzene rings is 1. The first-order valence-corrected chi connectivity index (χ1v) is 7.90. The third-order valence-electron chi connectivity index (χ3n) is 3.56. The second-order valence-electron chi connectivity index (χ2n) is 5.37. The van der Waals surface area contributed by atoms with Crippen LogP contribution < -0.4 is 10.6 Å². The number of hydrogen-bond donors (Lipinski definition) is 4. The first-order chi connectivity index (χ1) is 12.2. The molecule has 25 heavy (non-hydrogen) atoms. The predicted octanol–water partition coefficient (Wildman–Crippen LogP) is 1.35. The minimum Gasteiger partial charge on any atom is -0.351 e. The van der Waals surface area contributed by atoms with Crippen LogP contribution in [0.5, 0.6) is 0 Å². The largest absolute Gasteiger partial charge is 0.351 e. The summed E-state index contributed by atoms with van der Waals surface area (Å²) in [5, 5.41) is 18.7. The summed E-state index contributed by atoms with van der Waals surface area (Å²) in [6.45, 7) is 0.901. The Balaban J connectivity index is 1.41. The van der Waals surface area contributed by atoms with Crippen LogP contribution in [0.3, 0.4) is 0 Å². The van der Waals surface area contributed by atoms with Gasteiger partial charge in [-0.15, -0.1) is 0 Å². The van der Waals surface area contributed by atoms with Gasteiger partial charge in [0, 0.05) is 24.8 Å². The third-order valence-corrected chi connectivity index (χ3v) is 3.56. The molecule has 0 spiro atoms. The molecule has 128 valence electrons. The highest BCUT2D eigenvalue weighted by atomic mass is 16.2. The van der Waals surface area contributed by atoms with E-state index in [9.17, 15) is 9.59 Å². The summed E-state index contributed by atoms with van der Waals surface area (Å²) in [4.78, 5) is 23.8. The van der Waals surface area contributed by atoms with Crippen LogP contribution in [0.4, 0.5) is 0 Å². The van der Waals surface area contributed by atoms with Crippen LogP contribution in [0, 0.1) is 0 Å². The molecule has 4 N–H and O–H groups in total. The maximum Gasteiger partial charge on any atom is 0.269 e. The Labute approximate surface area is 144 Å². The lowest BCUT2D eigenvalue weighted by Gasteiger charge is -2.05. The number of amides is 2. The van der Waals surface area contributed by atoms with Gasteiger partial charge in [-0.05, 0) is 18.6 Å². The van der Waals surface area contributed by atoms with Crippen molar-refractivity contribution >= 4 is 11.8 Å². The minimum absolute atomic E-state index is 0.218. The molecule has 0 radical (unpaired) electrons. The summed E-state index contributed by atoms with van der Waals surface area (Å²) in [5.41, 5.74) is 2.48. The Morgan fingerprint density at radius 2 is 1.64 bits per heavy atom. The average molecular weight is 338 g/mol. The van der Waals surface area contributed by atoms with E-state index in [1.165, 1.54) is 6.20 Å². The van der Waals surface area contributed by atoms with Crippen LogP contribution in [0.15, 0.2) is 48.7 Å². The van der Waals surface area contributed by atoms with Crippen LogP contribution in [0.25, 0.3) is 11.3 Å². The molecule has 0 fully saturated rings. The van der Waals surface area contributed by atoms with Crippen LogP contribution in [-0.2, 0) is 0 Å². The average Bonchev–Trinajstić information content (AvgIpc) is 3.34. The normalized spacial score (nSPS) is 10.4. The first-order valence-electron chi connectivity index (χ1n) is 7.90. The van der Waals surface area contributed by atoms with E-state index in [0.29, 0.717) is 30.9 Å². The molecule has 3 rings (SSSR count). The van der Waals surface area contributed by atoms with E-state index in [2.05, 4.69) is 31.0 Å². The SMILES string of the molecule is O=C(NCCCNC(=O)c1cc(-c2ccccc2)n[nH]1)c1ccn[nH]1. The number of nitrogens with zero attached hydrogens (tertiary/aromatic N) is 2. The monoisotopic (exact) mass is 338 g/mol. The van der Waals surface area contributed by atoms with Gasteiger partial charge in [-0.1, -0.05) is 30.3 Å². The summed E-state index contributed by atoms with van der Waals surface area (Å²) < 4.78 is 0. The Bertz CT molecular complexity index is 826. The number of carbonyl (C=O) groups excluding carboxylic acids is 2. The van der Waals surface area contributed by atoms with E-state index < -0.39 is 0 Å². The van der Waals surface area contributed by atoms with E-state index in [1.54, 1.807) is 12.1 Å². The molecular formula is C17H18N6O2. The van der Waals surface area contributed by atoms with Gasteiger partial charge in [0.05, 0.1) is 5.69 Å². The summed E-state index contributed by atoms with van der Waals surface area (Å²) >= 11 is 0. The van der Waals surface area contributed by atoms with Gasteiger partial charge in [-0.25, -0.2) is 0 Å². The number of aromatic nitrogens is 4. The van der Waals surface area contributed by atoms with Crippen molar-refractivity contribution in [2.45, 2.75) is 6.42 Å². The van der Waals surface area contributed by atoms with Gasteiger partial charge in [0.25, 0.3) is 11.8 Å². The van der Waals surface area contributed by atoms with Crippen molar-refractivity contribution in [3.63, 3.8) is 0 Å². The fourth-order valence-electron chi connectivity index (χ4n) is 2.26. The van der Waals surface area contributed by atoms with Crippen molar-refractivity contribution in [2.75, 3.05) is 13.1 Å². The van der Waals surface area contributed by atoms with Gasteiger partial charge < -0.3 is 10.6 Å². The molecule has 0 aliphatic carbocycles. The van der Waals surface area contributed by atoms with Crippen molar-refractivity contribution in [1.29, 1.82) is 0 Å². The maximum atomic E-state index is 12.1. The molecule has 0 saturated heterocycles. The topological polar surface area (TPSA) is 116 Å². The second kappa shape index (κ2) is 7.91. The lowest BCUT2D eigenvalue weighted by atomic mass is 10.1. The number of hydrogen-bond acceptors (Lipinski definition) is 4. The fourth-order valence-corrected chi connectivity index (χ4v) is 2.26. The molecule has 2 aromatic heterocycles. The highest BCUT2D eigenvalue weighted by Crippen LogP contribution is 2.16. The standard InChI is InChI=1S/C17H18N6O2/c24-16(13-7-10-20-21-13)18-8-4-9-19-17(25)15-11-14(22-23-15)12-5-2-1-3-6-12/h1-3,5-7,10-11H,4,8-9H2,(H,18,24)(H,19,25)(H,20,21)(H,22,23). The molecule has 2 heterocycles. The van der Waals surface area contributed by atoms with Crippen molar-refractivity contribution in [1.82, 2.24) is 31.0 Å². The smallest absolute Gasteiger partial charge is 0.269 e. The summed E-state index contributed by atoms with van der Waals surface area (Å²) in [6.07, 6.45) is 2.13. The Morgan fingerprint density at radius 3 is 2.32 bits per heavy atom. The minimum atomic E-state index is -0.227. The molecule has 0 bridgehead atoms. The maximum absolute atomic E-state index is 12.1. The van der Waals surface area contributed by atoms with Crippen LogP contribution >= 0.6 is 0 Å². The fraction of sp³-hybridized carbons (Fsp3) is 0.176. The zero-order chi connectivity index (χ0) is 17.5. The van der Waals surface area contributed by atoms with Gasteiger partial charge in [0.2, 0.25) is 0 Å². The molecule has 8 nitrogen and oxygen atoms in total. The molecular weight excluding hydrogens is 320 g/mol. The molecule has 0 aliphatic rings. The molecule has 1 aromatic carbocycles. The van der Waals surface area contributed by atoms with Gasteiger partial charge in [0.15, 0.2) is 0 Å². The highest BCUT2D eigenvalue weighted by Gasteiger charge is 2.10. The molecule has 8 heteroatoms. The predicted molar refractivity (Wildman–Crippen MR) is 91.9 cm³/mol. The molecule has 0 saturated carbocycles. The van der Waals surface area contributed by atoms with Crippen LogP contribution in [-0.4, -0.2) is 45.3 Å². The van der Waals surface area contributed by atoms with E-state index in [-0.39, 0.29) is 11.8 Å². The van der Waals surface area contributed by atoms with E-state index >= 15 is 0 Å². The van der Waals surface area contributed by atoms with Crippen molar-refractivity contribution in [3.8, 4) is 11.3 Å². The first kappa shape index (κ1) is 16.4. The zero-order valence-electron chi connectivity index (χ0n) is 13.5. The van der Waals surface area contributed by atoms with Crippen molar-refractivity contribution in [2.24, 2.45) is 0 Å². The van der Waals surface area contributed by atoms with Crippen molar-refractivity contribution in [3.05, 3.63) is 60.0 Å². The lowest BCUT2D eigenvalue weighted by molar-refractivity contribution is 0.0946. The van der Waals surface area contributed by atoms with Crippen LogP contribution in [0.1, 0.15) is 27.4 Å². The van der Waals surface area contributed by atoms with E-state index in [4.69, 9.17) is 0 Å². The van der Waals surface area contributed by atoms with E-state index in [0.717, 1.165) is 11.3 Å². The number of aromatic amines is 2. The van der Waals surface area contributed by atoms with Gasteiger partial charge >= 0.3 is 0 Å². The quantitative estimate of drug-likeness (QED) is 0.487. The van der Waals surface area contributed by atoms with Crippen molar-refractivity contribution < 1.29 is 9.59 Å². The van der Waals surface area contributed by atoms with E-state index in [1.807, 2.05) is 30.3 Å². The molecule has 0 aliphatic heterocycles. The highest BCUT2D eigenvalue weighted by molar-refractivity contribution is 5.93. The summed E-state index contributed by atoms with van der Waals surface area (Å²) in [7, 11) is 0. The number of H-pyrrole nitrogens is 2. The Kier molecular flexibility index (Phi) is 5.20. The molecule has 2 amide bonds. The lowest BCUT2D eigenvalue weighted by Crippen LogP contribution is -2.30. The second-order valence-corrected chi connectivity index (χ2v) is 5.37. The van der Waals surface area contributed by atoms with Crippen LogP contribution in [0.2, 0.25) is 0 Å². The van der Waals surface area contributed by atoms with Gasteiger partial charge in [-0.2, -0.15) is 10.2 Å². The number of nitrogens with one attached hydrogen (secondary N) is 4. The number of carbonyl (C=O) groups is 2. The van der Waals surface area contributed by atoms with Gasteiger partial charge in [-0.3, -0.25) is 19.8 Å². The molecule has 0 unspecified atom stereocenters. The summed E-state index contributed by atoms with van der Waals surface area (Å²) in [5.74, 6) is -0.445.